The summed E-state index contributed by atoms with van der Waals surface area (Å²) in [7, 11) is 0. The number of hydrogen-bond acceptors (Lipinski definition) is 6. The van der Waals surface area contributed by atoms with Gasteiger partial charge in [0.05, 0.1) is 17.9 Å². The van der Waals surface area contributed by atoms with Crippen molar-refractivity contribution in [2.45, 2.75) is 33.1 Å². The lowest BCUT2D eigenvalue weighted by atomic mass is 10.0. The maximum Gasteiger partial charge on any atom is 0.258 e. The third-order valence-electron chi connectivity index (χ3n) is 6.00. The van der Waals surface area contributed by atoms with Crippen LogP contribution in [0.3, 0.4) is 0 Å². The molecule has 7 nitrogen and oxygen atoms in total. The molecule has 0 radical (unpaired) electrons. The minimum atomic E-state index is -0.385. The van der Waals surface area contributed by atoms with Crippen LogP contribution in [0.5, 0.6) is 0 Å². The second kappa shape index (κ2) is 8.85. The van der Waals surface area contributed by atoms with Gasteiger partial charge < -0.3 is 15.0 Å². The van der Waals surface area contributed by atoms with E-state index in [0.717, 1.165) is 12.2 Å². The molecule has 1 saturated heterocycles. The van der Waals surface area contributed by atoms with E-state index in [2.05, 4.69) is 15.3 Å². The zero-order valence-corrected chi connectivity index (χ0v) is 19.4. The molecule has 2 aromatic heterocycles. The van der Waals surface area contributed by atoms with Crippen LogP contribution in [0.1, 0.15) is 48.1 Å². The zero-order chi connectivity index (χ0) is 23.8. The highest BCUT2D eigenvalue weighted by Gasteiger charge is 2.31. The van der Waals surface area contributed by atoms with E-state index in [1.54, 1.807) is 24.3 Å². The van der Waals surface area contributed by atoms with Gasteiger partial charge in [-0.1, -0.05) is 32.0 Å². The van der Waals surface area contributed by atoms with E-state index in [4.69, 9.17) is 9.72 Å². The van der Waals surface area contributed by atoms with Gasteiger partial charge >= 0.3 is 0 Å². The van der Waals surface area contributed by atoms with Crippen LogP contribution in [-0.2, 0) is 4.74 Å². The predicted octanol–water partition coefficient (Wildman–Crippen LogP) is 5.06. The monoisotopic (exact) mass is 459 g/mol. The molecule has 174 valence electrons. The predicted molar refractivity (Wildman–Crippen MR) is 128 cm³/mol. The lowest BCUT2D eigenvalue weighted by molar-refractivity contribution is 0.102. The molecule has 1 atom stereocenters. The van der Waals surface area contributed by atoms with Crippen LogP contribution in [-0.4, -0.2) is 34.0 Å². The van der Waals surface area contributed by atoms with Gasteiger partial charge in [0.25, 0.3) is 5.91 Å². The second-order valence-electron chi connectivity index (χ2n) is 9.06. The quantitative estimate of drug-likeness (QED) is 0.575. The number of hydrogen-bond donors (Lipinski definition) is 1. The Balaban J connectivity index is 1.60. The van der Waals surface area contributed by atoms with Crippen LogP contribution in [0.4, 0.5) is 15.9 Å². The average molecular weight is 460 g/mol. The van der Waals surface area contributed by atoms with Crippen molar-refractivity contribution in [1.82, 2.24) is 15.0 Å². The van der Waals surface area contributed by atoms with Crippen LogP contribution in [0.15, 0.2) is 54.7 Å². The van der Waals surface area contributed by atoms with Crippen LogP contribution in [0, 0.1) is 18.7 Å². The summed E-state index contributed by atoms with van der Waals surface area (Å²) in [5.74, 6) is 1.85. The molecule has 0 saturated carbocycles. The van der Waals surface area contributed by atoms with E-state index < -0.39 is 0 Å². The summed E-state index contributed by atoms with van der Waals surface area (Å²) in [6.45, 7) is 7.20. The fourth-order valence-electron chi connectivity index (χ4n) is 4.31. The standard InChI is InChI=1S/C26H26FN5O2/c1-15(2)24-28-10-18(11-29-24)26(33)31-23-21(20-6-4-5-7-22(20)27)8-16(3)30-25(23)32-12-17-9-19(13-32)34-14-17/h4-8,10-11,13,15,17H,9,12,14H2,1-3H3,(H,31,33)/t17-/m1/s1. The van der Waals surface area contributed by atoms with Crippen LogP contribution in [0.25, 0.3) is 11.1 Å². The number of nitrogens with one attached hydrogen (secondary N) is 1. The summed E-state index contributed by atoms with van der Waals surface area (Å²) in [4.78, 5) is 28.6. The van der Waals surface area contributed by atoms with Crippen LogP contribution in [0.2, 0.25) is 0 Å². The van der Waals surface area contributed by atoms with E-state index in [1.807, 2.05) is 31.9 Å². The van der Waals surface area contributed by atoms with E-state index in [9.17, 15) is 9.18 Å². The molecule has 1 amide bonds. The molecule has 1 N–H and O–H groups in total. The zero-order valence-electron chi connectivity index (χ0n) is 19.4. The molecule has 34 heavy (non-hydrogen) atoms. The Morgan fingerprint density at radius 1 is 1.21 bits per heavy atom. The molecule has 2 aliphatic heterocycles. The van der Waals surface area contributed by atoms with Gasteiger partial charge in [0, 0.05) is 60.2 Å². The second-order valence-corrected chi connectivity index (χ2v) is 9.06. The number of amides is 1. The molecule has 5 rings (SSSR count). The molecule has 0 aliphatic carbocycles. The highest BCUT2D eigenvalue weighted by molar-refractivity contribution is 6.08. The molecule has 0 unspecified atom stereocenters. The molecular formula is C26H26FN5O2. The smallest absolute Gasteiger partial charge is 0.258 e. The van der Waals surface area contributed by atoms with E-state index in [1.165, 1.54) is 18.5 Å². The van der Waals surface area contributed by atoms with Crippen molar-refractivity contribution in [2.75, 3.05) is 23.4 Å². The molecule has 4 heterocycles. The highest BCUT2D eigenvalue weighted by atomic mass is 19.1. The maximum atomic E-state index is 14.9. The molecular weight excluding hydrogens is 433 g/mol. The first-order chi connectivity index (χ1) is 16.4. The van der Waals surface area contributed by atoms with E-state index >= 15 is 0 Å². The number of carbonyl (C=O) groups is 1. The Morgan fingerprint density at radius 2 is 1.97 bits per heavy atom. The number of pyridine rings is 1. The number of halogens is 1. The summed E-state index contributed by atoms with van der Waals surface area (Å²) < 4.78 is 20.6. The summed E-state index contributed by atoms with van der Waals surface area (Å²) in [5, 5.41) is 2.98. The SMILES string of the molecule is Cc1cc(-c2ccccc2F)c(NC(=O)c2cnc(C(C)C)nc2)c(N2C=C3C[C@@H](CO3)C2)n1. The topological polar surface area (TPSA) is 80.2 Å². The van der Waals surface area contributed by atoms with Gasteiger partial charge in [0.1, 0.15) is 17.4 Å². The first kappa shape index (κ1) is 22.0. The minimum Gasteiger partial charge on any atom is -0.496 e. The first-order valence-electron chi connectivity index (χ1n) is 11.4. The van der Waals surface area contributed by atoms with Crippen molar-refractivity contribution < 1.29 is 13.9 Å². The normalized spacial score (nSPS) is 16.9. The number of carbonyl (C=O) groups excluding carboxylic acids is 1. The number of aryl methyl sites for hydroxylation is 1. The molecule has 2 aliphatic rings. The largest absolute Gasteiger partial charge is 0.496 e. The molecule has 2 bridgehead atoms. The van der Waals surface area contributed by atoms with Gasteiger partial charge in [-0.2, -0.15) is 0 Å². The number of nitrogens with zero attached hydrogens (tertiary/aromatic N) is 4. The molecule has 1 aromatic carbocycles. The molecule has 1 fully saturated rings. The number of rotatable bonds is 5. The van der Waals surface area contributed by atoms with Gasteiger partial charge in [-0.05, 0) is 19.1 Å². The van der Waals surface area contributed by atoms with E-state index in [-0.39, 0.29) is 17.6 Å². The summed E-state index contributed by atoms with van der Waals surface area (Å²) in [6, 6.07) is 8.31. The maximum absolute atomic E-state index is 14.9. The Bertz CT molecular complexity index is 1270. The van der Waals surface area contributed by atoms with Crippen molar-refractivity contribution in [3.8, 4) is 11.1 Å². The first-order valence-corrected chi connectivity index (χ1v) is 11.4. The van der Waals surface area contributed by atoms with Crippen LogP contribution < -0.4 is 10.2 Å². The third-order valence-corrected chi connectivity index (χ3v) is 6.00. The summed E-state index contributed by atoms with van der Waals surface area (Å²) in [6.07, 6.45) is 5.84. The van der Waals surface area contributed by atoms with Crippen molar-refractivity contribution in [1.29, 1.82) is 0 Å². The molecule has 8 heteroatoms. The van der Waals surface area contributed by atoms with Crippen molar-refractivity contribution in [3.63, 3.8) is 0 Å². The summed E-state index contributed by atoms with van der Waals surface area (Å²) >= 11 is 0. The number of aromatic nitrogens is 3. The lowest BCUT2D eigenvalue weighted by Gasteiger charge is -2.28. The van der Waals surface area contributed by atoms with E-state index in [0.29, 0.717) is 58.8 Å². The van der Waals surface area contributed by atoms with Gasteiger partial charge in [0.2, 0.25) is 0 Å². The van der Waals surface area contributed by atoms with Gasteiger partial charge in [-0.15, -0.1) is 0 Å². The van der Waals surface area contributed by atoms with Crippen LogP contribution >= 0.6 is 0 Å². The number of allylic oxidation sites excluding steroid dienone is 1. The average Bonchev–Trinajstić information content (AvgIpc) is 3.17. The Hall–Kier alpha value is -3.81. The van der Waals surface area contributed by atoms with Gasteiger partial charge in [0.15, 0.2) is 5.82 Å². The van der Waals surface area contributed by atoms with Crippen molar-refractivity contribution >= 4 is 17.4 Å². The Labute approximate surface area is 197 Å². The Kier molecular flexibility index (Phi) is 5.73. The minimum absolute atomic E-state index is 0.155. The molecule has 0 spiro atoms. The summed E-state index contributed by atoms with van der Waals surface area (Å²) in [5.41, 5.74) is 2.42. The van der Waals surface area contributed by atoms with Crippen molar-refractivity contribution in [2.24, 2.45) is 5.92 Å². The highest BCUT2D eigenvalue weighted by Crippen LogP contribution is 2.40. The number of ether oxygens (including phenoxy) is 1. The van der Waals surface area contributed by atoms with Gasteiger partial charge in [-0.3, -0.25) is 4.79 Å². The van der Waals surface area contributed by atoms with Gasteiger partial charge in [-0.25, -0.2) is 19.3 Å². The van der Waals surface area contributed by atoms with Crippen molar-refractivity contribution in [3.05, 3.63) is 77.6 Å². The number of anilines is 2. The fraction of sp³-hybridized carbons (Fsp3) is 0.308. The lowest BCUT2D eigenvalue weighted by Crippen LogP contribution is -2.29. The fourth-order valence-corrected chi connectivity index (χ4v) is 4.31. The molecule has 3 aromatic rings. The third kappa shape index (κ3) is 4.23. The number of benzene rings is 1. The number of fused-ring (bicyclic) bond motifs is 2. The Morgan fingerprint density at radius 3 is 2.68 bits per heavy atom.